The molecule has 106 valence electrons. The summed E-state index contributed by atoms with van der Waals surface area (Å²) in [5.41, 5.74) is 8.03. The summed E-state index contributed by atoms with van der Waals surface area (Å²) in [6, 6.07) is 12.7. The van der Waals surface area contributed by atoms with E-state index in [1.807, 2.05) is 42.3 Å². The van der Waals surface area contributed by atoms with E-state index in [1.165, 1.54) is 6.07 Å². The molecule has 2 rings (SSSR count). The van der Waals surface area contributed by atoms with Crippen molar-refractivity contribution in [3.63, 3.8) is 0 Å². The van der Waals surface area contributed by atoms with Gasteiger partial charge in [0.2, 0.25) is 0 Å². The molecule has 4 heteroatoms. The minimum absolute atomic E-state index is 0.259. The molecule has 0 heterocycles. The number of para-hydroxylation sites is 2. The predicted octanol–water partition coefficient (Wildman–Crippen LogP) is 2.93. The number of nitrogens with two attached hydrogens (primary N) is 1. The number of hydrogen-bond acceptors (Lipinski definition) is 3. The van der Waals surface area contributed by atoms with Crippen LogP contribution in [0.25, 0.3) is 0 Å². The van der Waals surface area contributed by atoms with E-state index in [1.54, 1.807) is 13.2 Å². The maximum Gasteiger partial charge on any atom is 0.146 e. The van der Waals surface area contributed by atoms with E-state index in [2.05, 4.69) is 0 Å². The number of methoxy groups -OCH3 is 1. The molecule has 0 radical (unpaired) electrons. The van der Waals surface area contributed by atoms with Crippen molar-refractivity contribution in [1.29, 1.82) is 0 Å². The quantitative estimate of drug-likeness (QED) is 0.911. The summed E-state index contributed by atoms with van der Waals surface area (Å²) >= 11 is 0. The maximum absolute atomic E-state index is 14.0. The van der Waals surface area contributed by atoms with Crippen LogP contribution in [0.5, 0.6) is 5.75 Å². The highest BCUT2D eigenvalue weighted by molar-refractivity contribution is 5.55. The molecule has 0 aliphatic carbocycles. The molecule has 0 bridgehead atoms. The molecule has 2 N–H and O–H groups in total. The number of rotatable bonds is 5. The fourth-order valence-electron chi connectivity index (χ4n) is 2.32. The van der Waals surface area contributed by atoms with Crippen molar-refractivity contribution in [2.75, 3.05) is 19.1 Å². The lowest BCUT2D eigenvalue weighted by Gasteiger charge is -2.23. The standard InChI is InChI=1S/C16H19FN2O/c1-19(11-13-6-3-4-9-15(13)20-2)16-12(10-18)7-5-8-14(16)17/h3-9H,10-11,18H2,1-2H3. The summed E-state index contributed by atoms with van der Waals surface area (Å²) in [5, 5.41) is 0. The van der Waals surface area contributed by atoms with Crippen molar-refractivity contribution in [3.8, 4) is 5.75 Å². The smallest absolute Gasteiger partial charge is 0.146 e. The fourth-order valence-corrected chi connectivity index (χ4v) is 2.32. The van der Waals surface area contributed by atoms with E-state index in [0.717, 1.165) is 16.9 Å². The van der Waals surface area contributed by atoms with Crippen LogP contribution in [0.1, 0.15) is 11.1 Å². The van der Waals surface area contributed by atoms with Gasteiger partial charge < -0.3 is 15.4 Å². The topological polar surface area (TPSA) is 38.5 Å². The first-order chi connectivity index (χ1) is 9.67. The highest BCUT2D eigenvalue weighted by Gasteiger charge is 2.13. The summed E-state index contributed by atoms with van der Waals surface area (Å²) in [6.07, 6.45) is 0. The van der Waals surface area contributed by atoms with Gasteiger partial charge in [-0.1, -0.05) is 30.3 Å². The minimum Gasteiger partial charge on any atom is -0.496 e. The van der Waals surface area contributed by atoms with E-state index in [0.29, 0.717) is 18.8 Å². The molecule has 0 fully saturated rings. The van der Waals surface area contributed by atoms with E-state index in [4.69, 9.17) is 10.5 Å². The van der Waals surface area contributed by atoms with Crippen molar-refractivity contribution in [3.05, 3.63) is 59.4 Å². The molecule has 0 aliphatic rings. The van der Waals surface area contributed by atoms with Crippen molar-refractivity contribution in [1.82, 2.24) is 0 Å². The van der Waals surface area contributed by atoms with Crippen LogP contribution in [0.3, 0.4) is 0 Å². The van der Waals surface area contributed by atoms with Crippen molar-refractivity contribution >= 4 is 5.69 Å². The largest absolute Gasteiger partial charge is 0.496 e. The molecule has 20 heavy (non-hydrogen) atoms. The fraction of sp³-hybridized carbons (Fsp3) is 0.250. The summed E-state index contributed by atoms with van der Waals surface area (Å²) in [6.45, 7) is 0.862. The van der Waals surface area contributed by atoms with Gasteiger partial charge in [-0.3, -0.25) is 0 Å². The molecule has 0 saturated carbocycles. The van der Waals surface area contributed by atoms with Gasteiger partial charge >= 0.3 is 0 Å². The van der Waals surface area contributed by atoms with Gasteiger partial charge in [0.1, 0.15) is 11.6 Å². The zero-order chi connectivity index (χ0) is 14.5. The Morgan fingerprint density at radius 3 is 2.50 bits per heavy atom. The third-order valence-electron chi connectivity index (χ3n) is 3.27. The van der Waals surface area contributed by atoms with Crippen LogP contribution in [0.15, 0.2) is 42.5 Å². The van der Waals surface area contributed by atoms with Gasteiger partial charge in [-0.15, -0.1) is 0 Å². The van der Waals surface area contributed by atoms with Crippen LogP contribution in [-0.2, 0) is 13.1 Å². The van der Waals surface area contributed by atoms with Crippen LogP contribution in [0, 0.1) is 5.82 Å². The molecular weight excluding hydrogens is 255 g/mol. The van der Waals surface area contributed by atoms with E-state index in [9.17, 15) is 4.39 Å². The normalized spacial score (nSPS) is 10.4. The number of halogens is 1. The van der Waals surface area contributed by atoms with Gasteiger partial charge in [0, 0.05) is 25.7 Å². The highest BCUT2D eigenvalue weighted by Crippen LogP contribution is 2.27. The van der Waals surface area contributed by atoms with Gasteiger partial charge in [0.15, 0.2) is 0 Å². The Morgan fingerprint density at radius 2 is 1.80 bits per heavy atom. The van der Waals surface area contributed by atoms with Crippen LogP contribution >= 0.6 is 0 Å². The zero-order valence-electron chi connectivity index (χ0n) is 11.8. The van der Waals surface area contributed by atoms with Crippen molar-refractivity contribution in [2.24, 2.45) is 5.73 Å². The Morgan fingerprint density at radius 1 is 1.10 bits per heavy atom. The average molecular weight is 274 g/mol. The number of anilines is 1. The molecule has 0 spiro atoms. The highest BCUT2D eigenvalue weighted by atomic mass is 19.1. The first kappa shape index (κ1) is 14.3. The van der Waals surface area contributed by atoms with Gasteiger partial charge in [-0.2, -0.15) is 0 Å². The van der Waals surface area contributed by atoms with Gasteiger partial charge in [-0.05, 0) is 17.7 Å². The molecule has 0 amide bonds. The molecule has 0 unspecified atom stereocenters. The Bertz CT molecular complexity index is 586. The molecule has 0 atom stereocenters. The van der Waals surface area contributed by atoms with Gasteiger partial charge in [0.05, 0.1) is 12.8 Å². The minimum atomic E-state index is -0.259. The zero-order valence-corrected chi connectivity index (χ0v) is 11.8. The maximum atomic E-state index is 14.0. The number of hydrogen-bond donors (Lipinski definition) is 1. The molecular formula is C16H19FN2O. The molecule has 2 aromatic rings. The van der Waals surface area contributed by atoms with Crippen LogP contribution in [0.2, 0.25) is 0 Å². The van der Waals surface area contributed by atoms with Crippen LogP contribution in [-0.4, -0.2) is 14.2 Å². The summed E-state index contributed by atoms with van der Waals surface area (Å²) in [5.74, 6) is 0.537. The average Bonchev–Trinajstić information content (AvgIpc) is 2.47. The lowest BCUT2D eigenvalue weighted by Crippen LogP contribution is -2.20. The van der Waals surface area contributed by atoms with Crippen molar-refractivity contribution in [2.45, 2.75) is 13.1 Å². The second-order valence-electron chi connectivity index (χ2n) is 4.62. The Labute approximate surface area is 118 Å². The number of ether oxygens (including phenoxy) is 1. The third-order valence-corrected chi connectivity index (χ3v) is 3.27. The molecule has 0 aliphatic heterocycles. The molecule has 2 aromatic carbocycles. The van der Waals surface area contributed by atoms with Gasteiger partial charge in [-0.25, -0.2) is 4.39 Å². The number of nitrogens with zero attached hydrogens (tertiary/aromatic N) is 1. The van der Waals surface area contributed by atoms with E-state index >= 15 is 0 Å². The SMILES string of the molecule is COc1ccccc1CN(C)c1c(F)cccc1CN. The first-order valence-corrected chi connectivity index (χ1v) is 6.48. The van der Waals surface area contributed by atoms with Crippen molar-refractivity contribution < 1.29 is 9.13 Å². The van der Waals surface area contributed by atoms with Crippen LogP contribution < -0.4 is 15.4 Å². The lowest BCUT2D eigenvalue weighted by molar-refractivity contribution is 0.409. The molecule has 3 nitrogen and oxygen atoms in total. The van der Waals surface area contributed by atoms with E-state index < -0.39 is 0 Å². The number of benzene rings is 2. The third kappa shape index (κ3) is 2.91. The van der Waals surface area contributed by atoms with Crippen LogP contribution in [0.4, 0.5) is 10.1 Å². The monoisotopic (exact) mass is 274 g/mol. The Hall–Kier alpha value is -2.07. The Kier molecular flexibility index (Phi) is 4.58. The molecule has 0 saturated heterocycles. The summed E-state index contributed by atoms with van der Waals surface area (Å²) in [7, 11) is 3.48. The summed E-state index contributed by atoms with van der Waals surface area (Å²) < 4.78 is 19.4. The summed E-state index contributed by atoms with van der Waals surface area (Å²) in [4.78, 5) is 1.86. The second kappa shape index (κ2) is 6.39. The van der Waals surface area contributed by atoms with Gasteiger partial charge in [0.25, 0.3) is 0 Å². The first-order valence-electron chi connectivity index (χ1n) is 6.48. The van der Waals surface area contributed by atoms with E-state index in [-0.39, 0.29) is 5.82 Å². The predicted molar refractivity (Wildman–Crippen MR) is 79.4 cm³/mol. The second-order valence-corrected chi connectivity index (χ2v) is 4.62. The molecule has 0 aromatic heterocycles. The lowest BCUT2D eigenvalue weighted by atomic mass is 10.1. The Balaban J connectivity index is 2.31.